The molecule has 0 spiro atoms. The number of anilines is 3. The number of benzene rings is 8. The molecule has 10 aromatic rings. The maximum Gasteiger partial charge on any atom is 0.145 e. The van der Waals surface area contributed by atoms with Crippen LogP contribution in [-0.2, 0) is 0 Å². The lowest BCUT2D eigenvalue weighted by Gasteiger charge is -2.15. The monoisotopic (exact) mass is 994 g/mol. The summed E-state index contributed by atoms with van der Waals surface area (Å²) >= 11 is 27.0. The fourth-order valence-electron chi connectivity index (χ4n) is 7.78. The van der Waals surface area contributed by atoms with Gasteiger partial charge in [-0.2, -0.15) is 0 Å². The second kappa shape index (κ2) is 20.0. The zero-order valence-corrected chi connectivity index (χ0v) is 40.5. The van der Waals surface area contributed by atoms with Crippen molar-refractivity contribution < 1.29 is 0 Å². The van der Waals surface area contributed by atoms with Crippen LogP contribution < -0.4 is 11.1 Å². The van der Waals surface area contributed by atoms with Gasteiger partial charge in [0.05, 0.1) is 59.2 Å². The molecule has 0 radical (unpaired) electrons. The van der Waals surface area contributed by atoms with E-state index < -0.39 is 0 Å². The van der Waals surface area contributed by atoms with E-state index >= 15 is 0 Å². The molecular weight excluding hydrogens is 954 g/mol. The number of halogens is 5. The zero-order chi connectivity index (χ0) is 45.8. The number of hydrogen-bond acceptors (Lipinski definition) is 4. The molecule has 0 aliphatic rings. The molecule has 3 N–H and O–H groups in total. The first-order valence-electron chi connectivity index (χ1n) is 20.7. The molecule has 8 aromatic carbocycles. The summed E-state index contributed by atoms with van der Waals surface area (Å²) in [6.07, 6.45) is 0. The first-order valence-corrected chi connectivity index (χ1v) is 23.0. The molecule has 0 aliphatic heterocycles. The van der Waals surface area contributed by atoms with Crippen LogP contribution in [0.4, 0.5) is 17.1 Å². The Morgan fingerprint density at radius 3 is 1.34 bits per heavy atom. The Labute approximate surface area is 407 Å². The minimum atomic E-state index is 0.509. The van der Waals surface area contributed by atoms with E-state index in [1.807, 2.05) is 72.8 Å². The lowest BCUT2D eigenvalue weighted by molar-refractivity contribution is 1.06. The summed E-state index contributed by atoms with van der Waals surface area (Å²) in [6, 6.07) is 56.3. The van der Waals surface area contributed by atoms with Crippen LogP contribution in [0.3, 0.4) is 0 Å². The third kappa shape index (κ3) is 9.81. The Morgan fingerprint density at radius 2 is 0.877 bits per heavy atom. The average molecular weight is 998 g/mol. The summed E-state index contributed by atoms with van der Waals surface area (Å²) in [6.45, 7) is 8.57. The van der Waals surface area contributed by atoms with Crippen molar-refractivity contribution >= 4 is 101 Å². The second-order valence-electron chi connectivity index (χ2n) is 15.5. The van der Waals surface area contributed by atoms with Crippen LogP contribution >= 0.6 is 62.3 Å². The molecule has 0 amide bonds. The highest BCUT2D eigenvalue weighted by molar-refractivity contribution is 9.10. The maximum absolute atomic E-state index is 6.33. The highest BCUT2D eigenvalue weighted by Crippen LogP contribution is 2.36. The summed E-state index contributed by atoms with van der Waals surface area (Å²) < 4.78 is 5.35. The molecule has 10 rings (SSSR count). The van der Waals surface area contributed by atoms with Crippen molar-refractivity contribution in [2.45, 2.75) is 27.7 Å². The number of nitrogen functional groups attached to an aromatic ring is 1. The van der Waals surface area contributed by atoms with Crippen LogP contribution in [0.5, 0.6) is 0 Å². The van der Waals surface area contributed by atoms with Crippen molar-refractivity contribution in [2.75, 3.05) is 11.1 Å². The highest BCUT2D eigenvalue weighted by Gasteiger charge is 2.19. The predicted octanol–water partition coefficient (Wildman–Crippen LogP) is 17.0. The molecule has 2 aromatic heterocycles. The van der Waals surface area contributed by atoms with Gasteiger partial charge in [-0.1, -0.05) is 119 Å². The summed E-state index contributed by atoms with van der Waals surface area (Å²) in [7, 11) is 0. The molecule has 0 fully saturated rings. The van der Waals surface area contributed by atoms with Gasteiger partial charge in [-0.25, -0.2) is 9.97 Å². The van der Waals surface area contributed by atoms with Crippen LogP contribution in [0, 0.1) is 27.7 Å². The summed E-state index contributed by atoms with van der Waals surface area (Å²) in [4.78, 5) is 9.88. The molecule has 6 nitrogen and oxygen atoms in total. The van der Waals surface area contributed by atoms with Crippen molar-refractivity contribution in [3.8, 4) is 34.2 Å². The van der Waals surface area contributed by atoms with Gasteiger partial charge in [0, 0.05) is 27.0 Å². The third-order valence-corrected chi connectivity index (χ3v) is 13.4. The van der Waals surface area contributed by atoms with Crippen molar-refractivity contribution in [3.05, 3.63) is 217 Å². The van der Waals surface area contributed by atoms with Gasteiger partial charge in [-0.3, -0.25) is 9.13 Å². The standard InChI is InChI=1S/C27H21Cl2N3.C21H19N3.C6H3BrCl2/c1-17-7-5-8-18(2)26(17)32-24-12-4-3-10-22(24)31-27(32)19-13-15-20(16-14-19)30-23-11-6-9-21(28)25(23)29;1-14-6-5-7-15(2)20(14)24-19-9-4-3-8-18(19)23-21(24)16-10-12-17(22)13-11-16;7-4-2-1-3-5(8)6(4)9/h3-16,30H,1-2H3;3-13H,22H2,1-2H3;1-3H. The quantitative estimate of drug-likeness (QED) is 0.129. The zero-order valence-electron chi connectivity index (χ0n) is 35.9. The predicted molar refractivity (Wildman–Crippen MR) is 280 cm³/mol. The number of aryl methyl sites for hydroxylation is 4. The minimum absolute atomic E-state index is 0.509. The third-order valence-electron chi connectivity index (χ3n) is 10.9. The molecule has 0 bridgehead atoms. The van der Waals surface area contributed by atoms with Crippen molar-refractivity contribution in [2.24, 2.45) is 0 Å². The van der Waals surface area contributed by atoms with Gasteiger partial charge in [0.15, 0.2) is 0 Å². The van der Waals surface area contributed by atoms with Crippen molar-refractivity contribution in [1.82, 2.24) is 19.1 Å². The largest absolute Gasteiger partial charge is 0.399 e. The van der Waals surface area contributed by atoms with E-state index in [2.05, 4.69) is 143 Å². The minimum Gasteiger partial charge on any atom is -0.399 e. The number of nitrogens with one attached hydrogen (secondary N) is 1. The van der Waals surface area contributed by atoms with E-state index in [9.17, 15) is 0 Å². The maximum atomic E-state index is 6.33. The van der Waals surface area contributed by atoms with Gasteiger partial charge in [-0.05, 0) is 163 Å². The smallest absolute Gasteiger partial charge is 0.145 e. The van der Waals surface area contributed by atoms with Gasteiger partial charge in [0.2, 0.25) is 0 Å². The van der Waals surface area contributed by atoms with Crippen LogP contribution in [0.2, 0.25) is 20.1 Å². The number of nitrogens with two attached hydrogens (primary N) is 1. The van der Waals surface area contributed by atoms with E-state index in [4.69, 9.17) is 62.1 Å². The Bertz CT molecular complexity index is 3240. The van der Waals surface area contributed by atoms with E-state index in [0.29, 0.717) is 20.1 Å². The van der Waals surface area contributed by atoms with E-state index in [0.717, 1.165) is 66.4 Å². The summed E-state index contributed by atoms with van der Waals surface area (Å²) in [5.74, 6) is 1.85. The number of imidazole rings is 2. The number of aromatic nitrogens is 4. The Morgan fingerprint density at radius 1 is 0.462 bits per heavy atom. The fourth-order valence-corrected chi connectivity index (χ4v) is 8.91. The molecule has 324 valence electrons. The first kappa shape index (κ1) is 45.5. The molecule has 0 saturated heterocycles. The van der Waals surface area contributed by atoms with Crippen LogP contribution in [0.1, 0.15) is 22.3 Å². The molecule has 0 atom stereocenters. The van der Waals surface area contributed by atoms with Crippen LogP contribution in [-0.4, -0.2) is 19.1 Å². The Balaban J connectivity index is 0.000000153. The average Bonchev–Trinajstić information content (AvgIpc) is 3.87. The lowest BCUT2D eigenvalue weighted by Crippen LogP contribution is -2.02. The number of rotatable bonds is 6. The Kier molecular flexibility index (Phi) is 14.0. The van der Waals surface area contributed by atoms with E-state index in [1.165, 1.54) is 33.6 Å². The normalized spacial score (nSPS) is 10.9. The Hall–Kier alpha value is -6.06. The van der Waals surface area contributed by atoms with Gasteiger partial charge in [0.1, 0.15) is 11.6 Å². The number of hydrogen-bond donors (Lipinski definition) is 2. The molecular formula is C54H43BrCl4N6. The van der Waals surface area contributed by atoms with Gasteiger partial charge < -0.3 is 11.1 Å². The van der Waals surface area contributed by atoms with Gasteiger partial charge >= 0.3 is 0 Å². The first-order chi connectivity index (χ1) is 31.4. The molecule has 65 heavy (non-hydrogen) atoms. The molecule has 0 unspecified atom stereocenters. The van der Waals surface area contributed by atoms with Gasteiger partial charge in [0.25, 0.3) is 0 Å². The van der Waals surface area contributed by atoms with Crippen molar-refractivity contribution in [3.63, 3.8) is 0 Å². The summed E-state index contributed by atoms with van der Waals surface area (Å²) in [5, 5.41) is 5.52. The fraction of sp³-hybridized carbons (Fsp3) is 0.0741. The van der Waals surface area contributed by atoms with E-state index in [1.54, 1.807) is 12.1 Å². The van der Waals surface area contributed by atoms with Crippen LogP contribution in [0.25, 0.3) is 56.2 Å². The van der Waals surface area contributed by atoms with Crippen LogP contribution in [0.15, 0.2) is 174 Å². The van der Waals surface area contributed by atoms with E-state index in [-0.39, 0.29) is 0 Å². The highest BCUT2D eigenvalue weighted by atomic mass is 79.9. The molecule has 0 aliphatic carbocycles. The number of nitrogens with zero attached hydrogens (tertiary/aromatic N) is 4. The number of fused-ring (bicyclic) bond motifs is 2. The molecule has 11 heteroatoms. The summed E-state index contributed by atoms with van der Waals surface area (Å²) in [5.41, 5.74) is 21.8. The topological polar surface area (TPSA) is 73.7 Å². The lowest BCUT2D eigenvalue weighted by atomic mass is 10.1. The SMILES string of the molecule is Cc1cccc(C)c1-n1c(-c2ccc(N)cc2)nc2ccccc21.Cc1cccc(C)c1-n1c(-c2ccc(Nc3cccc(Cl)c3Cl)cc2)nc2ccccc21.Clc1cccc(Br)c1Cl. The second-order valence-corrected chi connectivity index (χ2v) is 17.9. The molecule has 2 heterocycles. The molecule has 0 saturated carbocycles. The number of para-hydroxylation sites is 6. The van der Waals surface area contributed by atoms with Crippen molar-refractivity contribution in [1.29, 1.82) is 0 Å². The van der Waals surface area contributed by atoms with Gasteiger partial charge in [-0.15, -0.1) is 0 Å².